The molecular formula is C23H27NO6S. The number of hydrogen-bond acceptors (Lipinski definition) is 6. The van der Waals surface area contributed by atoms with Gasteiger partial charge in [0, 0.05) is 17.7 Å². The fraction of sp³-hybridized carbons (Fsp3) is 0.391. The highest BCUT2D eigenvalue weighted by molar-refractivity contribution is 7.80. The molecule has 3 N–H and O–H groups in total. The third-order valence-electron chi connectivity index (χ3n) is 6.00. The molecule has 0 amide bonds. The molecule has 7 nitrogen and oxygen atoms in total. The highest BCUT2D eigenvalue weighted by Gasteiger charge is 2.38. The molecule has 3 rings (SSSR count). The van der Waals surface area contributed by atoms with Crippen molar-refractivity contribution < 1.29 is 29.2 Å². The maximum absolute atomic E-state index is 11.8. The third kappa shape index (κ3) is 3.87. The van der Waals surface area contributed by atoms with E-state index in [0.29, 0.717) is 40.8 Å². The van der Waals surface area contributed by atoms with Gasteiger partial charge in [-0.1, -0.05) is 12.2 Å². The molecule has 1 unspecified atom stereocenters. The third-order valence-corrected chi connectivity index (χ3v) is 6.54. The summed E-state index contributed by atoms with van der Waals surface area (Å²) in [6.07, 6.45) is 1.25. The molecule has 0 saturated heterocycles. The first kappa shape index (κ1) is 22.7. The van der Waals surface area contributed by atoms with Crippen LogP contribution in [0.25, 0.3) is 0 Å². The van der Waals surface area contributed by atoms with Gasteiger partial charge in [0.15, 0.2) is 17.1 Å². The van der Waals surface area contributed by atoms with Crippen molar-refractivity contribution in [3.8, 4) is 23.0 Å². The number of rotatable bonds is 5. The van der Waals surface area contributed by atoms with Gasteiger partial charge in [0.1, 0.15) is 16.5 Å². The van der Waals surface area contributed by atoms with E-state index >= 15 is 0 Å². The Labute approximate surface area is 186 Å². The number of phenols is 1. The van der Waals surface area contributed by atoms with E-state index in [1.165, 1.54) is 20.3 Å². The average Bonchev–Trinajstić information content (AvgIpc) is 2.75. The number of phenolic OH excluding ortho intramolecular Hbond substituents is 1. The maximum Gasteiger partial charge on any atom is 0.337 e. The molecule has 0 bridgehead atoms. The number of aromatic hydroxyl groups is 1. The van der Waals surface area contributed by atoms with Crippen LogP contribution in [0.1, 0.15) is 46.0 Å². The zero-order valence-electron chi connectivity index (χ0n) is 18.5. The number of nitrogens with one attached hydrogen (secondary N) is 1. The Balaban J connectivity index is 1.98. The second-order valence-electron chi connectivity index (χ2n) is 7.88. The Morgan fingerprint density at radius 2 is 1.74 bits per heavy atom. The van der Waals surface area contributed by atoms with Crippen LogP contribution in [0.15, 0.2) is 12.1 Å². The number of carbonyl (C=O) groups is 1. The van der Waals surface area contributed by atoms with Crippen LogP contribution in [-0.2, 0) is 6.42 Å². The zero-order valence-corrected chi connectivity index (χ0v) is 19.3. The maximum atomic E-state index is 11.8. The number of aromatic carboxylic acids is 1. The summed E-state index contributed by atoms with van der Waals surface area (Å²) in [7, 11) is 2.92. The van der Waals surface area contributed by atoms with Crippen molar-refractivity contribution in [1.29, 1.82) is 0 Å². The Hall–Kier alpha value is -3.00. The molecule has 0 aliphatic carbocycles. The van der Waals surface area contributed by atoms with Crippen molar-refractivity contribution in [2.75, 3.05) is 19.5 Å². The lowest BCUT2D eigenvalue weighted by atomic mass is 9.87. The van der Waals surface area contributed by atoms with Gasteiger partial charge in [0.05, 0.1) is 25.5 Å². The molecule has 166 valence electrons. The van der Waals surface area contributed by atoms with Gasteiger partial charge in [-0.25, -0.2) is 4.79 Å². The van der Waals surface area contributed by atoms with Gasteiger partial charge in [-0.2, -0.15) is 0 Å². The van der Waals surface area contributed by atoms with Crippen molar-refractivity contribution in [3.63, 3.8) is 0 Å². The predicted octanol–water partition coefficient (Wildman–Crippen LogP) is 4.56. The summed E-state index contributed by atoms with van der Waals surface area (Å²) in [6, 6.07) is 2.94. The average molecular weight is 446 g/mol. The SMILES string of the molecule is COc1cc(NC(=S)C2(C)CCc3c(C)c(O)c(C)c(C)c3O2)c(C(=O)O)cc1OC. The lowest BCUT2D eigenvalue weighted by Crippen LogP contribution is -2.47. The van der Waals surface area contributed by atoms with Gasteiger partial charge in [-0.05, 0) is 57.2 Å². The topological polar surface area (TPSA) is 97.2 Å². The Morgan fingerprint density at radius 1 is 1.13 bits per heavy atom. The smallest absolute Gasteiger partial charge is 0.337 e. The molecule has 1 aliphatic heterocycles. The van der Waals surface area contributed by atoms with E-state index in [2.05, 4.69) is 5.32 Å². The summed E-state index contributed by atoms with van der Waals surface area (Å²) in [5.74, 6) is 0.586. The van der Waals surface area contributed by atoms with Crippen LogP contribution in [0.3, 0.4) is 0 Å². The fourth-order valence-electron chi connectivity index (χ4n) is 3.82. The summed E-state index contributed by atoms with van der Waals surface area (Å²) in [4.78, 5) is 12.2. The second-order valence-corrected chi connectivity index (χ2v) is 8.28. The molecule has 1 aliphatic rings. The molecule has 0 saturated carbocycles. The van der Waals surface area contributed by atoms with Crippen LogP contribution in [0.4, 0.5) is 5.69 Å². The predicted molar refractivity (Wildman–Crippen MR) is 122 cm³/mol. The number of thiocarbonyl (C=S) groups is 1. The van der Waals surface area contributed by atoms with E-state index in [-0.39, 0.29) is 5.56 Å². The lowest BCUT2D eigenvalue weighted by Gasteiger charge is -2.38. The van der Waals surface area contributed by atoms with Crippen molar-refractivity contribution in [2.45, 2.75) is 46.1 Å². The molecule has 2 aromatic rings. The zero-order chi connectivity index (χ0) is 23.1. The molecule has 31 heavy (non-hydrogen) atoms. The van der Waals surface area contributed by atoms with E-state index in [1.54, 1.807) is 6.07 Å². The van der Waals surface area contributed by atoms with E-state index in [4.69, 9.17) is 26.4 Å². The van der Waals surface area contributed by atoms with Crippen LogP contribution in [0.5, 0.6) is 23.0 Å². The van der Waals surface area contributed by atoms with Crippen molar-refractivity contribution in [1.82, 2.24) is 0 Å². The van der Waals surface area contributed by atoms with E-state index in [9.17, 15) is 15.0 Å². The van der Waals surface area contributed by atoms with Crippen LogP contribution in [0, 0.1) is 20.8 Å². The van der Waals surface area contributed by atoms with Crippen LogP contribution >= 0.6 is 12.2 Å². The first-order chi connectivity index (χ1) is 14.5. The quantitative estimate of drug-likeness (QED) is 0.577. The highest BCUT2D eigenvalue weighted by Crippen LogP contribution is 2.44. The molecule has 1 heterocycles. The van der Waals surface area contributed by atoms with E-state index < -0.39 is 11.6 Å². The number of carboxylic acids is 1. The minimum atomic E-state index is -1.12. The van der Waals surface area contributed by atoms with E-state index in [0.717, 1.165) is 28.0 Å². The summed E-state index contributed by atoms with van der Waals surface area (Å²) in [5.41, 5.74) is 2.86. The number of carboxylic acid groups (broad SMARTS) is 1. The Kier molecular flexibility index (Phi) is 6.04. The molecular weight excluding hydrogens is 418 g/mol. The fourth-order valence-corrected chi connectivity index (χ4v) is 4.08. The number of methoxy groups -OCH3 is 2. The Morgan fingerprint density at radius 3 is 2.32 bits per heavy atom. The van der Waals surface area contributed by atoms with Gasteiger partial charge in [-0.3, -0.25) is 0 Å². The molecule has 1 atom stereocenters. The van der Waals surface area contributed by atoms with Gasteiger partial charge in [0.25, 0.3) is 0 Å². The van der Waals surface area contributed by atoms with Gasteiger partial charge in [0.2, 0.25) is 0 Å². The van der Waals surface area contributed by atoms with Crippen LogP contribution in [-0.4, -0.2) is 41.0 Å². The minimum Gasteiger partial charge on any atom is -0.507 e. The molecule has 0 radical (unpaired) electrons. The number of anilines is 1. The molecule has 8 heteroatoms. The van der Waals surface area contributed by atoms with Crippen molar-refractivity contribution in [3.05, 3.63) is 39.9 Å². The molecule has 2 aromatic carbocycles. The summed E-state index contributed by atoms with van der Waals surface area (Å²) >= 11 is 5.67. The molecule has 0 fully saturated rings. The second kappa shape index (κ2) is 8.26. The Bertz CT molecular complexity index is 1080. The summed E-state index contributed by atoms with van der Waals surface area (Å²) in [6.45, 7) is 7.52. The highest BCUT2D eigenvalue weighted by atomic mass is 32.1. The molecule has 0 aromatic heterocycles. The van der Waals surface area contributed by atoms with Crippen LogP contribution in [0.2, 0.25) is 0 Å². The minimum absolute atomic E-state index is 0.00704. The normalized spacial score (nSPS) is 17.4. The summed E-state index contributed by atoms with van der Waals surface area (Å²) in [5, 5.41) is 23.1. The van der Waals surface area contributed by atoms with E-state index in [1.807, 2.05) is 27.7 Å². The van der Waals surface area contributed by atoms with Gasteiger partial charge < -0.3 is 29.7 Å². The summed E-state index contributed by atoms with van der Waals surface area (Å²) < 4.78 is 16.9. The lowest BCUT2D eigenvalue weighted by molar-refractivity contribution is 0.0697. The number of fused-ring (bicyclic) bond motifs is 1. The number of benzene rings is 2. The van der Waals surface area contributed by atoms with Crippen LogP contribution < -0.4 is 19.5 Å². The van der Waals surface area contributed by atoms with Gasteiger partial charge >= 0.3 is 5.97 Å². The number of ether oxygens (including phenoxy) is 3. The number of hydrogen-bond donors (Lipinski definition) is 3. The molecule has 0 spiro atoms. The monoisotopic (exact) mass is 445 g/mol. The van der Waals surface area contributed by atoms with Crippen molar-refractivity contribution in [2.24, 2.45) is 0 Å². The first-order valence-corrected chi connectivity index (χ1v) is 10.3. The van der Waals surface area contributed by atoms with Gasteiger partial charge in [-0.15, -0.1) is 0 Å². The van der Waals surface area contributed by atoms with Crippen molar-refractivity contribution >= 4 is 28.9 Å². The first-order valence-electron chi connectivity index (χ1n) is 9.85. The largest absolute Gasteiger partial charge is 0.507 e. The standard InChI is InChI=1S/C23H27NO6S/c1-11-12(2)20-14(13(3)19(11)25)7-8-23(4,30-20)22(31)24-16-10-18(29-6)17(28-5)9-15(16)21(26)27/h9-10,25H,7-8H2,1-6H3,(H,24,31)(H,26,27).